The Kier molecular flexibility index (Phi) is 2.39. The van der Waals surface area contributed by atoms with E-state index < -0.39 is 0 Å². The monoisotopic (exact) mass is 227 g/mol. The van der Waals surface area contributed by atoms with Crippen molar-refractivity contribution in [2.75, 3.05) is 5.73 Å². The molecule has 3 heteroatoms. The predicted molar refractivity (Wildman–Crippen MR) is 69.6 cm³/mol. The van der Waals surface area contributed by atoms with Crippen LogP contribution in [-0.2, 0) is 7.05 Å². The lowest BCUT2D eigenvalue weighted by Gasteiger charge is -2.23. The first-order valence-electron chi connectivity index (χ1n) is 6.15. The molecular formula is C14H17N3. The number of nitrogens with zero attached hydrogens (tertiary/aromatic N) is 2. The molecule has 1 aliphatic rings. The number of nitrogen functional groups attached to an aromatic ring is 1. The molecule has 1 aliphatic carbocycles. The van der Waals surface area contributed by atoms with Crippen LogP contribution in [0.3, 0.4) is 0 Å². The Balaban J connectivity index is 2.06. The lowest BCUT2D eigenvalue weighted by Crippen LogP contribution is -2.11. The van der Waals surface area contributed by atoms with Crippen molar-refractivity contribution in [1.29, 1.82) is 0 Å². The summed E-state index contributed by atoms with van der Waals surface area (Å²) in [6.45, 7) is 0. The van der Waals surface area contributed by atoms with Gasteiger partial charge < -0.3 is 10.3 Å². The van der Waals surface area contributed by atoms with Crippen LogP contribution in [0.4, 0.5) is 5.82 Å². The molecule has 0 atom stereocenters. The second-order valence-corrected chi connectivity index (χ2v) is 4.76. The minimum atomic E-state index is 0.582. The van der Waals surface area contributed by atoms with Gasteiger partial charge in [-0.25, -0.2) is 4.98 Å². The molecule has 1 aromatic carbocycles. The number of benzene rings is 1. The quantitative estimate of drug-likeness (QED) is 0.857. The largest absolute Gasteiger partial charge is 0.384 e. The molecule has 1 heterocycles. The molecule has 2 aromatic rings. The van der Waals surface area contributed by atoms with Gasteiger partial charge in [-0.2, -0.15) is 0 Å². The molecule has 2 N–H and O–H groups in total. The Morgan fingerprint density at radius 2 is 1.94 bits per heavy atom. The van der Waals surface area contributed by atoms with Crippen LogP contribution in [-0.4, -0.2) is 9.55 Å². The van der Waals surface area contributed by atoms with Crippen molar-refractivity contribution in [2.45, 2.75) is 25.2 Å². The average Bonchev–Trinajstić information content (AvgIpc) is 2.57. The second-order valence-electron chi connectivity index (χ2n) is 4.76. The van der Waals surface area contributed by atoms with E-state index >= 15 is 0 Å². The topological polar surface area (TPSA) is 43.8 Å². The van der Waals surface area contributed by atoms with Crippen LogP contribution in [0.25, 0.3) is 11.4 Å². The van der Waals surface area contributed by atoms with Gasteiger partial charge in [0.05, 0.1) is 5.69 Å². The number of rotatable bonds is 2. The van der Waals surface area contributed by atoms with Crippen LogP contribution < -0.4 is 5.73 Å². The van der Waals surface area contributed by atoms with E-state index in [0.717, 1.165) is 22.9 Å². The molecule has 0 saturated heterocycles. The highest BCUT2D eigenvalue weighted by Crippen LogP contribution is 2.39. The fraction of sp³-hybridized carbons (Fsp3) is 0.357. The van der Waals surface area contributed by atoms with Crippen molar-refractivity contribution < 1.29 is 0 Å². The molecule has 1 aromatic heterocycles. The van der Waals surface area contributed by atoms with E-state index in [9.17, 15) is 0 Å². The number of anilines is 1. The van der Waals surface area contributed by atoms with Gasteiger partial charge in [0, 0.05) is 18.5 Å². The number of nitrogens with two attached hydrogens (primary N) is 1. The Bertz CT molecular complexity index is 524. The van der Waals surface area contributed by atoms with E-state index in [4.69, 9.17) is 10.7 Å². The zero-order chi connectivity index (χ0) is 11.8. The summed E-state index contributed by atoms with van der Waals surface area (Å²) in [7, 11) is 1.99. The van der Waals surface area contributed by atoms with Crippen molar-refractivity contribution in [1.82, 2.24) is 9.55 Å². The van der Waals surface area contributed by atoms with Crippen molar-refractivity contribution in [3.8, 4) is 11.4 Å². The normalized spacial score (nSPS) is 15.8. The molecule has 0 aliphatic heterocycles. The minimum absolute atomic E-state index is 0.582. The highest BCUT2D eigenvalue weighted by Gasteiger charge is 2.26. The molecule has 0 unspecified atom stereocenters. The summed E-state index contributed by atoms with van der Waals surface area (Å²) in [5, 5.41) is 0. The molecule has 88 valence electrons. The highest BCUT2D eigenvalue weighted by molar-refractivity contribution is 5.60. The molecule has 17 heavy (non-hydrogen) atoms. The SMILES string of the molecule is Cn1c(-c2ccccc2)nc(C2CCC2)c1N. The Hall–Kier alpha value is -1.77. The van der Waals surface area contributed by atoms with Gasteiger partial charge in [-0.1, -0.05) is 36.8 Å². The van der Waals surface area contributed by atoms with E-state index in [1.54, 1.807) is 0 Å². The van der Waals surface area contributed by atoms with Crippen LogP contribution in [0.15, 0.2) is 30.3 Å². The smallest absolute Gasteiger partial charge is 0.141 e. The Morgan fingerprint density at radius 3 is 2.53 bits per heavy atom. The first-order chi connectivity index (χ1) is 8.27. The number of hydrogen-bond acceptors (Lipinski definition) is 2. The maximum absolute atomic E-state index is 6.15. The first-order valence-corrected chi connectivity index (χ1v) is 6.15. The molecule has 1 saturated carbocycles. The summed E-state index contributed by atoms with van der Waals surface area (Å²) >= 11 is 0. The summed E-state index contributed by atoms with van der Waals surface area (Å²) in [5.41, 5.74) is 8.38. The lowest BCUT2D eigenvalue weighted by atomic mass is 9.83. The van der Waals surface area contributed by atoms with Gasteiger partial charge in [0.15, 0.2) is 0 Å². The summed E-state index contributed by atoms with van der Waals surface area (Å²) in [6, 6.07) is 10.2. The van der Waals surface area contributed by atoms with Crippen LogP contribution in [0.2, 0.25) is 0 Å². The van der Waals surface area contributed by atoms with E-state index in [1.807, 2.05) is 29.8 Å². The van der Waals surface area contributed by atoms with Gasteiger partial charge >= 0.3 is 0 Å². The van der Waals surface area contributed by atoms with Crippen LogP contribution >= 0.6 is 0 Å². The summed E-state index contributed by atoms with van der Waals surface area (Å²) < 4.78 is 2.00. The zero-order valence-electron chi connectivity index (χ0n) is 10.1. The lowest BCUT2D eigenvalue weighted by molar-refractivity contribution is 0.413. The van der Waals surface area contributed by atoms with Gasteiger partial charge in [-0.3, -0.25) is 0 Å². The van der Waals surface area contributed by atoms with Gasteiger partial charge in [0.25, 0.3) is 0 Å². The molecule has 0 amide bonds. The van der Waals surface area contributed by atoms with Crippen molar-refractivity contribution in [2.24, 2.45) is 7.05 Å². The second kappa shape index (κ2) is 3.91. The minimum Gasteiger partial charge on any atom is -0.384 e. The molecule has 0 bridgehead atoms. The fourth-order valence-electron chi connectivity index (χ4n) is 2.36. The maximum atomic E-state index is 6.15. The third kappa shape index (κ3) is 1.62. The van der Waals surface area contributed by atoms with Crippen LogP contribution in [0, 0.1) is 0 Å². The molecule has 0 radical (unpaired) electrons. The van der Waals surface area contributed by atoms with E-state index in [0.29, 0.717) is 5.92 Å². The molecular weight excluding hydrogens is 210 g/mol. The average molecular weight is 227 g/mol. The molecule has 0 spiro atoms. The summed E-state index contributed by atoms with van der Waals surface area (Å²) in [5.74, 6) is 2.39. The van der Waals surface area contributed by atoms with Crippen molar-refractivity contribution in [3.63, 3.8) is 0 Å². The number of imidazole rings is 1. The first kappa shape index (κ1) is 10.4. The molecule has 3 rings (SSSR count). The van der Waals surface area contributed by atoms with Gasteiger partial charge in [0.2, 0.25) is 0 Å². The Labute approximate surface area is 101 Å². The maximum Gasteiger partial charge on any atom is 0.141 e. The number of aromatic nitrogens is 2. The number of hydrogen-bond donors (Lipinski definition) is 1. The third-order valence-corrected chi connectivity index (χ3v) is 3.69. The zero-order valence-corrected chi connectivity index (χ0v) is 10.1. The van der Waals surface area contributed by atoms with Crippen LogP contribution in [0.1, 0.15) is 30.9 Å². The van der Waals surface area contributed by atoms with Gasteiger partial charge in [0.1, 0.15) is 11.6 Å². The third-order valence-electron chi connectivity index (χ3n) is 3.69. The summed E-state index contributed by atoms with van der Waals surface area (Å²) in [6.07, 6.45) is 3.77. The molecule has 3 nitrogen and oxygen atoms in total. The predicted octanol–water partition coefficient (Wildman–Crippen LogP) is 2.94. The van der Waals surface area contributed by atoms with Gasteiger partial charge in [-0.05, 0) is 12.8 Å². The molecule has 1 fully saturated rings. The fourth-order valence-corrected chi connectivity index (χ4v) is 2.36. The van der Waals surface area contributed by atoms with Crippen molar-refractivity contribution >= 4 is 5.82 Å². The van der Waals surface area contributed by atoms with E-state index in [2.05, 4.69) is 12.1 Å². The summed E-state index contributed by atoms with van der Waals surface area (Å²) in [4.78, 5) is 4.74. The standard InChI is InChI=1S/C14H17N3/c1-17-13(15)12(10-8-5-9-10)16-14(17)11-6-3-2-4-7-11/h2-4,6-7,10H,5,8-9,15H2,1H3. The van der Waals surface area contributed by atoms with Crippen molar-refractivity contribution in [3.05, 3.63) is 36.0 Å². The van der Waals surface area contributed by atoms with E-state index in [-0.39, 0.29) is 0 Å². The van der Waals surface area contributed by atoms with Crippen LogP contribution in [0.5, 0.6) is 0 Å². The van der Waals surface area contributed by atoms with Gasteiger partial charge in [-0.15, -0.1) is 0 Å². The van der Waals surface area contributed by atoms with E-state index in [1.165, 1.54) is 19.3 Å². The Morgan fingerprint density at radius 1 is 1.24 bits per heavy atom. The highest BCUT2D eigenvalue weighted by atomic mass is 15.1.